The zero-order chi connectivity index (χ0) is 16.4. The highest BCUT2D eigenvalue weighted by atomic mass is 16.4. The molecule has 2 N–H and O–H groups in total. The van der Waals surface area contributed by atoms with E-state index in [1.807, 2.05) is 30.3 Å². The number of benzene rings is 1. The summed E-state index contributed by atoms with van der Waals surface area (Å²) in [6.45, 7) is 0. The molecule has 2 unspecified atom stereocenters. The number of nitrogens with one attached hydrogen (secondary N) is 2. The van der Waals surface area contributed by atoms with E-state index in [-0.39, 0.29) is 5.91 Å². The number of carbonyl (C=O) groups excluding carboxylic acids is 1. The van der Waals surface area contributed by atoms with Crippen LogP contribution in [0, 0.1) is 0 Å². The summed E-state index contributed by atoms with van der Waals surface area (Å²) >= 11 is 0. The number of hydrogen-bond acceptors (Lipinski definition) is 4. The Labute approximate surface area is 141 Å². The fraction of sp³-hybridized carbons (Fsp3) is 0.474. The number of piperidine rings is 1. The molecule has 1 aromatic carbocycles. The first kappa shape index (κ1) is 15.4. The van der Waals surface area contributed by atoms with Crippen molar-refractivity contribution in [3.63, 3.8) is 0 Å². The molecular formula is C19H23N3O2. The highest BCUT2D eigenvalue weighted by molar-refractivity contribution is 5.76. The second kappa shape index (κ2) is 6.77. The normalized spacial score (nSPS) is 25.6. The lowest BCUT2D eigenvalue weighted by atomic mass is 9.99. The van der Waals surface area contributed by atoms with Crippen molar-refractivity contribution in [2.75, 3.05) is 0 Å². The Balaban J connectivity index is 1.28. The summed E-state index contributed by atoms with van der Waals surface area (Å²) < 4.78 is 5.75. The molecule has 2 fully saturated rings. The van der Waals surface area contributed by atoms with Crippen LogP contribution in [0.25, 0.3) is 11.3 Å². The zero-order valence-electron chi connectivity index (χ0n) is 13.7. The molecule has 5 nitrogen and oxygen atoms in total. The van der Waals surface area contributed by atoms with Crippen molar-refractivity contribution in [1.29, 1.82) is 0 Å². The Morgan fingerprint density at radius 1 is 1.21 bits per heavy atom. The summed E-state index contributed by atoms with van der Waals surface area (Å²) in [4.78, 5) is 16.5. The van der Waals surface area contributed by atoms with Gasteiger partial charge in [0.1, 0.15) is 0 Å². The maximum Gasteiger partial charge on any atom is 0.220 e. The number of rotatable bonds is 5. The van der Waals surface area contributed by atoms with Gasteiger partial charge in [0.15, 0.2) is 11.7 Å². The van der Waals surface area contributed by atoms with E-state index in [1.165, 1.54) is 12.8 Å². The molecule has 2 aliphatic rings. The smallest absolute Gasteiger partial charge is 0.220 e. The second-order valence-electron chi connectivity index (χ2n) is 6.86. The van der Waals surface area contributed by atoms with Gasteiger partial charge >= 0.3 is 0 Å². The molecule has 1 amide bonds. The summed E-state index contributed by atoms with van der Waals surface area (Å²) in [5.41, 5.74) is 1.01. The van der Waals surface area contributed by atoms with Gasteiger partial charge in [-0.15, -0.1) is 0 Å². The van der Waals surface area contributed by atoms with E-state index in [0.29, 0.717) is 36.9 Å². The van der Waals surface area contributed by atoms with Gasteiger partial charge in [-0.25, -0.2) is 4.98 Å². The van der Waals surface area contributed by atoms with Crippen LogP contribution >= 0.6 is 0 Å². The standard InChI is InChI=1S/C19H23N3O2/c23-18(22-16-10-14-6-7-15(11-16)21-14)8-9-19-20-12-17(24-19)13-4-2-1-3-5-13/h1-5,12,14-16,21H,6-11H2,(H,22,23). The first-order chi connectivity index (χ1) is 11.8. The van der Waals surface area contributed by atoms with Gasteiger partial charge < -0.3 is 15.1 Å². The SMILES string of the molecule is O=C(CCc1ncc(-c2ccccc2)o1)NC1CC2CCC(C1)N2. The summed E-state index contributed by atoms with van der Waals surface area (Å²) in [7, 11) is 0. The van der Waals surface area contributed by atoms with Crippen molar-refractivity contribution in [1.82, 2.24) is 15.6 Å². The van der Waals surface area contributed by atoms with Gasteiger partial charge in [-0.2, -0.15) is 0 Å². The molecule has 3 heterocycles. The van der Waals surface area contributed by atoms with Crippen molar-refractivity contribution in [2.24, 2.45) is 0 Å². The van der Waals surface area contributed by atoms with Crippen LogP contribution in [0.4, 0.5) is 0 Å². The molecule has 5 heteroatoms. The summed E-state index contributed by atoms with van der Waals surface area (Å²) in [6, 6.07) is 11.4. The van der Waals surface area contributed by atoms with E-state index >= 15 is 0 Å². The van der Waals surface area contributed by atoms with Crippen molar-refractivity contribution in [2.45, 2.75) is 56.7 Å². The molecule has 0 aliphatic carbocycles. The summed E-state index contributed by atoms with van der Waals surface area (Å²) in [5, 5.41) is 6.77. The van der Waals surface area contributed by atoms with Crippen LogP contribution in [0.3, 0.4) is 0 Å². The fourth-order valence-electron chi connectivity index (χ4n) is 3.86. The molecule has 24 heavy (non-hydrogen) atoms. The number of nitrogens with zero attached hydrogens (tertiary/aromatic N) is 1. The molecule has 126 valence electrons. The number of aromatic nitrogens is 1. The van der Waals surface area contributed by atoms with E-state index in [0.717, 1.165) is 24.2 Å². The van der Waals surface area contributed by atoms with Crippen LogP contribution in [-0.2, 0) is 11.2 Å². The molecule has 2 aliphatic heterocycles. The lowest BCUT2D eigenvalue weighted by molar-refractivity contribution is -0.122. The minimum absolute atomic E-state index is 0.0979. The van der Waals surface area contributed by atoms with Crippen molar-refractivity contribution < 1.29 is 9.21 Å². The molecule has 4 rings (SSSR count). The minimum atomic E-state index is 0.0979. The number of hydrogen-bond donors (Lipinski definition) is 2. The van der Waals surface area contributed by atoms with Gasteiger partial charge in [0.25, 0.3) is 0 Å². The van der Waals surface area contributed by atoms with Crippen LogP contribution < -0.4 is 10.6 Å². The van der Waals surface area contributed by atoms with Crippen LogP contribution in [-0.4, -0.2) is 29.0 Å². The van der Waals surface area contributed by atoms with Gasteiger partial charge in [0, 0.05) is 36.5 Å². The van der Waals surface area contributed by atoms with Gasteiger partial charge in [0.05, 0.1) is 6.20 Å². The Morgan fingerprint density at radius 2 is 1.96 bits per heavy atom. The Bertz CT molecular complexity index is 686. The summed E-state index contributed by atoms with van der Waals surface area (Å²) in [5.74, 6) is 1.47. The predicted octanol–water partition coefficient (Wildman–Crippen LogP) is 2.67. The molecule has 2 bridgehead atoms. The fourth-order valence-corrected chi connectivity index (χ4v) is 3.86. The number of amides is 1. The molecule has 2 saturated heterocycles. The first-order valence-electron chi connectivity index (χ1n) is 8.82. The van der Waals surface area contributed by atoms with Crippen molar-refractivity contribution >= 4 is 5.91 Å². The molecule has 0 radical (unpaired) electrons. The third-order valence-corrected chi connectivity index (χ3v) is 5.02. The lowest BCUT2D eigenvalue weighted by Gasteiger charge is -2.29. The third-order valence-electron chi connectivity index (χ3n) is 5.02. The lowest BCUT2D eigenvalue weighted by Crippen LogP contribution is -2.48. The molecule has 2 atom stereocenters. The Kier molecular flexibility index (Phi) is 4.34. The quantitative estimate of drug-likeness (QED) is 0.887. The minimum Gasteiger partial charge on any atom is -0.441 e. The van der Waals surface area contributed by atoms with E-state index in [1.54, 1.807) is 6.20 Å². The van der Waals surface area contributed by atoms with E-state index < -0.39 is 0 Å². The molecule has 1 aromatic heterocycles. The highest BCUT2D eigenvalue weighted by Gasteiger charge is 2.33. The van der Waals surface area contributed by atoms with E-state index in [9.17, 15) is 4.79 Å². The predicted molar refractivity (Wildman–Crippen MR) is 91.4 cm³/mol. The Morgan fingerprint density at radius 3 is 2.71 bits per heavy atom. The zero-order valence-corrected chi connectivity index (χ0v) is 13.7. The van der Waals surface area contributed by atoms with Crippen LogP contribution in [0.2, 0.25) is 0 Å². The van der Waals surface area contributed by atoms with Gasteiger partial charge in [0.2, 0.25) is 5.91 Å². The maximum absolute atomic E-state index is 12.2. The number of fused-ring (bicyclic) bond motifs is 2. The van der Waals surface area contributed by atoms with E-state index in [4.69, 9.17) is 4.42 Å². The molecule has 2 aromatic rings. The molecular weight excluding hydrogens is 302 g/mol. The Hall–Kier alpha value is -2.14. The molecule has 0 saturated carbocycles. The van der Waals surface area contributed by atoms with Crippen LogP contribution in [0.15, 0.2) is 40.9 Å². The van der Waals surface area contributed by atoms with Crippen molar-refractivity contribution in [3.8, 4) is 11.3 Å². The van der Waals surface area contributed by atoms with E-state index in [2.05, 4.69) is 15.6 Å². The van der Waals surface area contributed by atoms with Crippen molar-refractivity contribution in [3.05, 3.63) is 42.4 Å². The molecule has 0 spiro atoms. The number of carbonyl (C=O) groups is 1. The van der Waals surface area contributed by atoms with Gasteiger partial charge in [-0.05, 0) is 25.7 Å². The second-order valence-corrected chi connectivity index (χ2v) is 6.86. The van der Waals surface area contributed by atoms with Gasteiger partial charge in [-0.1, -0.05) is 30.3 Å². The summed E-state index contributed by atoms with van der Waals surface area (Å²) in [6.07, 6.45) is 7.29. The third kappa shape index (κ3) is 3.51. The number of oxazole rings is 1. The van der Waals surface area contributed by atoms with Gasteiger partial charge in [-0.3, -0.25) is 4.79 Å². The van der Waals surface area contributed by atoms with Crippen LogP contribution in [0.5, 0.6) is 0 Å². The maximum atomic E-state index is 12.2. The monoisotopic (exact) mass is 325 g/mol. The van der Waals surface area contributed by atoms with Crippen LogP contribution in [0.1, 0.15) is 38.0 Å². The average Bonchev–Trinajstić information content (AvgIpc) is 3.20. The first-order valence-corrected chi connectivity index (χ1v) is 8.82. The average molecular weight is 325 g/mol. The highest BCUT2D eigenvalue weighted by Crippen LogP contribution is 2.27. The largest absolute Gasteiger partial charge is 0.441 e. The number of aryl methyl sites for hydroxylation is 1. The topological polar surface area (TPSA) is 67.2 Å².